The number of pyridine rings is 1. The van der Waals surface area contributed by atoms with Crippen LogP contribution in [0.3, 0.4) is 0 Å². The van der Waals surface area contributed by atoms with Gasteiger partial charge in [-0.3, -0.25) is 9.47 Å². The van der Waals surface area contributed by atoms with Gasteiger partial charge < -0.3 is 14.1 Å². The van der Waals surface area contributed by atoms with Gasteiger partial charge in [0.05, 0.1) is 17.7 Å². The van der Waals surface area contributed by atoms with Crippen molar-refractivity contribution in [2.75, 3.05) is 16.5 Å². The minimum Gasteiger partial charge on any atom is -0.457 e. The van der Waals surface area contributed by atoms with Crippen LogP contribution in [-0.2, 0) is 5.41 Å². The van der Waals surface area contributed by atoms with Gasteiger partial charge in [0, 0.05) is 66.4 Å². The van der Waals surface area contributed by atoms with Crippen molar-refractivity contribution in [3.63, 3.8) is 0 Å². The summed E-state index contributed by atoms with van der Waals surface area (Å²) in [7, 11) is 0. The Bertz CT molecular complexity index is 2850. The summed E-state index contributed by atoms with van der Waals surface area (Å²) in [5.74, 6) is 3.30. The van der Waals surface area contributed by atoms with Gasteiger partial charge in [-0.2, -0.15) is 0 Å². The third-order valence-corrected chi connectivity index (χ3v) is 11.6. The van der Waals surface area contributed by atoms with Crippen LogP contribution in [0.2, 0.25) is 0 Å². The third-order valence-electron chi connectivity index (χ3n) is 10.4. The Balaban J connectivity index is 1.12. The van der Waals surface area contributed by atoms with Crippen LogP contribution in [0.5, 0.6) is 11.5 Å². The molecule has 256 valence electrons. The second-order valence-corrected chi connectivity index (χ2v) is 16.2. The molecule has 0 spiro atoms. The minimum atomic E-state index is -0.0230. The summed E-state index contributed by atoms with van der Waals surface area (Å²) in [5.41, 5.74) is 6.51. The van der Waals surface area contributed by atoms with E-state index >= 15 is 0 Å². The molecule has 0 atom stereocenters. The number of anilines is 3. The van der Waals surface area contributed by atoms with E-state index in [1.165, 1.54) is 42.0 Å². The van der Waals surface area contributed by atoms with Gasteiger partial charge in [-0.15, -0.1) is 11.3 Å². The summed E-state index contributed by atoms with van der Waals surface area (Å²) in [6.07, 6.45) is 1.94. The van der Waals surface area contributed by atoms with Crippen molar-refractivity contribution < 1.29 is 9.15 Å². The van der Waals surface area contributed by atoms with Crippen LogP contribution >= 0.6 is 11.3 Å². The number of furan rings is 1. The molecule has 5 aromatic carbocycles. The lowest BCUT2D eigenvalue weighted by molar-refractivity contribution is 0.483. The minimum absolute atomic E-state index is 0.0230. The van der Waals surface area contributed by atoms with Crippen LogP contribution in [0, 0.1) is 0 Å². The molecule has 0 saturated carbocycles. The van der Waals surface area contributed by atoms with Crippen LogP contribution in [0.4, 0.5) is 17.3 Å². The molecule has 7 heteroatoms. The largest absolute Gasteiger partial charge is 0.457 e. The average molecular weight is 699 g/mol. The van der Waals surface area contributed by atoms with E-state index in [0.717, 1.165) is 51.1 Å². The number of thiophene rings is 1. The number of nitrogens with zero attached hydrogens (tertiary/aromatic N) is 4. The van der Waals surface area contributed by atoms with Crippen molar-refractivity contribution in [3.05, 3.63) is 127 Å². The molecule has 0 N–H and O–H groups in total. The maximum Gasteiger partial charge on any atom is 0.226 e. The van der Waals surface area contributed by atoms with Crippen LogP contribution in [0.15, 0.2) is 126 Å². The predicted molar refractivity (Wildman–Crippen MR) is 218 cm³/mol. The number of fused-ring (bicyclic) bond motifs is 10. The van der Waals surface area contributed by atoms with Crippen LogP contribution in [-0.4, -0.2) is 22.3 Å². The molecule has 5 heterocycles. The van der Waals surface area contributed by atoms with Gasteiger partial charge >= 0.3 is 0 Å². The van der Waals surface area contributed by atoms with E-state index in [-0.39, 0.29) is 5.41 Å². The van der Waals surface area contributed by atoms with Crippen molar-refractivity contribution in [1.29, 1.82) is 0 Å². The zero-order valence-electron chi connectivity index (χ0n) is 29.8. The van der Waals surface area contributed by atoms with E-state index in [1.54, 1.807) is 0 Å². The maximum absolute atomic E-state index is 6.71. The van der Waals surface area contributed by atoms with Gasteiger partial charge in [0.2, 0.25) is 5.88 Å². The van der Waals surface area contributed by atoms with E-state index in [2.05, 4.69) is 146 Å². The normalized spacial score (nSPS) is 13.5. The van der Waals surface area contributed by atoms with Crippen LogP contribution < -0.4 is 14.5 Å². The molecule has 0 aliphatic carbocycles. The molecule has 0 unspecified atom stereocenters. The number of hydrogen-bond donors (Lipinski definition) is 0. The molecule has 1 aliphatic heterocycles. The first kappa shape index (κ1) is 31.0. The fourth-order valence-corrected chi connectivity index (χ4v) is 8.95. The van der Waals surface area contributed by atoms with Crippen molar-refractivity contribution in [1.82, 2.24) is 9.55 Å². The Kier molecular flexibility index (Phi) is 6.77. The Hall–Kier alpha value is -5.79. The summed E-state index contributed by atoms with van der Waals surface area (Å²) in [6, 6.07) is 41.0. The van der Waals surface area contributed by atoms with Gasteiger partial charge in [0.25, 0.3) is 0 Å². The first-order chi connectivity index (χ1) is 25.2. The molecule has 0 fully saturated rings. The highest BCUT2D eigenvalue weighted by molar-refractivity contribution is 7.26. The van der Waals surface area contributed by atoms with E-state index in [0.29, 0.717) is 12.7 Å². The number of ether oxygens (including phenoxy) is 1. The molecule has 9 aromatic rings. The molecule has 0 saturated heterocycles. The summed E-state index contributed by atoms with van der Waals surface area (Å²) >= 11 is 1.84. The first-order valence-corrected chi connectivity index (χ1v) is 18.7. The SMILES string of the molecule is CC(C)N1CN(c2cccc(Oc3ccc4c5ccc6sc7ccccc7c6c5n(-c5cc(C(C)(C)C)ccn5)c4c3)c2)c2oc3ccccc3c21. The second kappa shape index (κ2) is 11.4. The van der Waals surface area contributed by atoms with E-state index in [9.17, 15) is 0 Å². The third kappa shape index (κ3) is 4.72. The molecular formula is C45H38N4O2S. The molecule has 6 nitrogen and oxygen atoms in total. The Morgan fingerprint density at radius 2 is 1.54 bits per heavy atom. The molecule has 52 heavy (non-hydrogen) atoms. The zero-order valence-corrected chi connectivity index (χ0v) is 30.7. The molecule has 0 bridgehead atoms. The first-order valence-electron chi connectivity index (χ1n) is 17.9. The summed E-state index contributed by atoms with van der Waals surface area (Å²) < 4.78 is 18.1. The van der Waals surface area contributed by atoms with E-state index in [1.807, 2.05) is 35.7 Å². The lowest BCUT2D eigenvalue weighted by Crippen LogP contribution is -2.33. The molecule has 4 aromatic heterocycles. The van der Waals surface area contributed by atoms with Crippen molar-refractivity contribution in [2.45, 2.75) is 46.1 Å². The Morgan fingerprint density at radius 1 is 0.750 bits per heavy atom. The quantitative estimate of drug-likeness (QED) is 0.179. The molecular weight excluding hydrogens is 661 g/mol. The molecule has 1 aliphatic rings. The van der Waals surface area contributed by atoms with Crippen molar-refractivity contribution >= 4 is 81.5 Å². The van der Waals surface area contributed by atoms with Gasteiger partial charge in [-0.05, 0) is 85.5 Å². The number of benzene rings is 5. The topological polar surface area (TPSA) is 46.7 Å². The number of aromatic nitrogens is 2. The van der Waals surface area contributed by atoms with Crippen molar-refractivity contribution in [2.24, 2.45) is 0 Å². The highest BCUT2D eigenvalue weighted by atomic mass is 32.1. The lowest BCUT2D eigenvalue weighted by Gasteiger charge is -2.25. The van der Waals surface area contributed by atoms with Gasteiger partial charge in [-0.25, -0.2) is 4.98 Å². The van der Waals surface area contributed by atoms with Crippen LogP contribution in [0.1, 0.15) is 40.2 Å². The van der Waals surface area contributed by atoms with E-state index in [4.69, 9.17) is 14.1 Å². The van der Waals surface area contributed by atoms with Crippen LogP contribution in [0.25, 0.3) is 58.8 Å². The monoisotopic (exact) mass is 698 g/mol. The smallest absolute Gasteiger partial charge is 0.226 e. The Morgan fingerprint density at radius 3 is 2.38 bits per heavy atom. The highest BCUT2D eigenvalue weighted by Gasteiger charge is 2.34. The summed E-state index contributed by atoms with van der Waals surface area (Å²) in [6.45, 7) is 11.9. The maximum atomic E-state index is 6.71. The summed E-state index contributed by atoms with van der Waals surface area (Å²) in [5, 5.41) is 6.04. The van der Waals surface area contributed by atoms with Gasteiger partial charge in [0.15, 0.2) is 0 Å². The van der Waals surface area contributed by atoms with E-state index < -0.39 is 0 Å². The zero-order chi connectivity index (χ0) is 35.3. The number of para-hydroxylation sites is 1. The average Bonchev–Trinajstić information content (AvgIpc) is 3.89. The predicted octanol–water partition coefficient (Wildman–Crippen LogP) is 12.7. The second-order valence-electron chi connectivity index (χ2n) is 15.1. The summed E-state index contributed by atoms with van der Waals surface area (Å²) in [4.78, 5) is 9.64. The lowest BCUT2D eigenvalue weighted by atomic mass is 9.88. The number of rotatable bonds is 5. The molecule has 10 rings (SSSR count). The highest BCUT2D eigenvalue weighted by Crippen LogP contribution is 2.49. The number of hydrogen-bond acceptors (Lipinski definition) is 6. The fourth-order valence-electron chi connectivity index (χ4n) is 7.84. The molecule has 0 amide bonds. The molecule has 0 radical (unpaired) electrons. The standard InChI is InChI=1S/C45H38N4O2S/c1-27(2)47-26-48(44-43(47)34-13-6-8-15-37(34)51-44)29-11-10-12-30(24-29)50-31-17-18-32-33-19-20-39-41(35-14-7-9-16-38(35)52-39)42(33)49(36(32)25-31)40-23-28(21-22-46-40)45(3,4)5/h6-25,27H,26H2,1-5H3. The van der Waals surface area contributed by atoms with Crippen molar-refractivity contribution in [3.8, 4) is 17.3 Å². The Labute approximate surface area is 306 Å². The fraction of sp³-hybridized carbons (Fsp3) is 0.178. The van der Waals surface area contributed by atoms with Gasteiger partial charge in [0.1, 0.15) is 28.6 Å². The van der Waals surface area contributed by atoms with Gasteiger partial charge in [-0.1, -0.05) is 63.2 Å².